The highest BCUT2D eigenvalue weighted by atomic mass is 32.2. The fourth-order valence-corrected chi connectivity index (χ4v) is 4.63. The quantitative estimate of drug-likeness (QED) is 0.677. The fourth-order valence-electron chi connectivity index (χ4n) is 2.79. The van der Waals surface area contributed by atoms with Crippen LogP contribution in [0.1, 0.15) is 18.4 Å². The molecular weight excluding hydrogens is 366 g/mol. The van der Waals surface area contributed by atoms with Crippen molar-refractivity contribution in [2.45, 2.75) is 23.7 Å². The van der Waals surface area contributed by atoms with Gasteiger partial charge < -0.3 is 14.7 Å². The molecule has 1 amide bonds. The van der Waals surface area contributed by atoms with E-state index in [4.69, 9.17) is 0 Å². The third kappa shape index (κ3) is 4.88. The first kappa shape index (κ1) is 19.0. The Morgan fingerprint density at radius 3 is 2.50 bits per heavy atom. The maximum absolute atomic E-state index is 12.4. The number of carbonyl (C=O) groups excluding carboxylic acids is 1. The zero-order valence-corrected chi connectivity index (χ0v) is 17.1. The summed E-state index contributed by atoms with van der Waals surface area (Å²) in [5.74, 6) is 0.491. The van der Waals surface area contributed by atoms with E-state index in [0.29, 0.717) is 12.3 Å². The van der Waals surface area contributed by atoms with Gasteiger partial charge in [-0.3, -0.25) is 4.79 Å². The van der Waals surface area contributed by atoms with Crippen molar-refractivity contribution in [3.8, 4) is 0 Å². The number of rotatable bonds is 7. The van der Waals surface area contributed by atoms with E-state index in [1.54, 1.807) is 16.2 Å². The van der Waals surface area contributed by atoms with Crippen molar-refractivity contribution in [1.82, 2.24) is 15.1 Å². The largest absolute Gasteiger partial charge is 0.378 e. The lowest BCUT2D eigenvalue weighted by atomic mass is 10.2. The number of carbonyl (C=O) groups is 1. The number of benzene rings is 1. The van der Waals surface area contributed by atoms with Crippen LogP contribution >= 0.6 is 23.1 Å². The Balaban J connectivity index is 1.48. The van der Waals surface area contributed by atoms with E-state index in [1.165, 1.54) is 24.6 Å². The SMILES string of the molecule is CN(Cc1ccc(N(C)C)cc1)C(=O)CSc1nnc(N2CCCC2)s1. The first-order valence-electron chi connectivity index (χ1n) is 8.74. The van der Waals surface area contributed by atoms with E-state index >= 15 is 0 Å². The number of aromatic nitrogens is 2. The monoisotopic (exact) mass is 391 g/mol. The molecule has 0 spiro atoms. The predicted octanol–water partition coefficient (Wildman–Crippen LogP) is 2.96. The summed E-state index contributed by atoms with van der Waals surface area (Å²) < 4.78 is 0.865. The van der Waals surface area contributed by atoms with Crippen LogP contribution in [0.5, 0.6) is 0 Å². The van der Waals surface area contributed by atoms with Gasteiger partial charge in [0.15, 0.2) is 4.34 Å². The summed E-state index contributed by atoms with van der Waals surface area (Å²) >= 11 is 3.06. The van der Waals surface area contributed by atoms with Gasteiger partial charge in [0.2, 0.25) is 11.0 Å². The van der Waals surface area contributed by atoms with Crippen molar-refractivity contribution in [2.75, 3.05) is 49.8 Å². The number of amides is 1. The molecule has 1 aliphatic heterocycles. The average Bonchev–Trinajstić information content (AvgIpc) is 3.31. The summed E-state index contributed by atoms with van der Waals surface area (Å²) in [6, 6.07) is 8.28. The van der Waals surface area contributed by atoms with Crippen LogP contribution in [0.2, 0.25) is 0 Å². The molecule has 2 aromatic rings. The second-order valence-corrected chi connectivity index (χ2v) is 8.82. The van der Waals surface area contributed by atoms with E-state index in [2.05, 4.69) is 44.3 Å². The van der Waals surface area contributed by atoms with Gasteiger partial charge in [-0.1, -0.05) is 35.2 Å². The first-order valence-corrected chi connectivity index (χ1v) is 10.5. The van der Waals surface area contributed by atoms with Gasteiger partial charge in [0.1, 0.15) is 0 Å². The average molecular weight is 392 g/mol. The zero-order valence-electron chi connectivity index (χ0n) is 15.5. The van der Waals surface area contributed by atoms with Gasteiger partial charge in [0.05, 0.1) is 5.75 Å². The second-order valence-electron chi connectivity index (χ2n) is 6.64. The van der Waals surface area contributed by atoms with E-state index in [9.17, 15) is 4.79 Å². The number of nitrogens with zero attached hydrogens (tertiary/aromatic N) is 5. The molecule has 0 bridgehead atoms. The van der Waals surface area contributed by atoms with Gasteiger partial charge in [-0.25, -0.2) is 0 Å². The van der Waals surface area contributed by atoms with Gasteiger partial charge in [-0.2, -0.15) is 0 Å². The second kappa shape index (κ2) is 8.73. The molecule has 0 unspecified atom stereocenters. The molecule has 0 saturated carbocycles. The molecule has 1 aromatic heterocycles. The molecule has 2 heterocycles. The lowest BCUT2D eigenvalue weighted by molar-refractivity contribution is -0.127. The number of anilines is 2. The lowest BCUT2D eigenvalue weighted by Crippen LogP contribution is -2.27. The summed E-state index contributed by atoms with van der Waals surface area (Å²) in [7, 11) is 5.88. The summed E-state index contributed by atoms with van der Waals surface area (Å²) in [6.07, 6.45) is 2.45. The van der Waals surface area contributed by atoms with E-state index in [-0.39, 0.29) is 5.91 Å². The molecule has 1 fully saturated rings. The predicted molar refractivity (Wildman–Crippen MR) is 109 cm³/mol. The van der Waals surface area contributed by atoms with Crippen molar-refractivity contribution in [2.24, 2.45) is 0 Å². The third-order valence-corrected chi connectivity index (χ3v) is 6.49. The zero-order chi connectivity index (χ0) is 18.5. The van der Waals surface area contributed by atoms with Crippen molar-refractivity contribution < 1.29 is 4.79 Å². The minimum atomic E-state index is 0.101. The highest BCUT2D eigenvalue weighted by Crippen LogP contribution is 2.30. The van der Waals surface area contributed by atoms with Crippen LogP contribution in [0.4, 0.5) is 10.8 Å². The minimum absolute atomic E-state index is 0.101. The summed E-state index contributed by atoms with van der Waals surface area (Å²) in [5.41, 5.74) is 2.28. The maximum atomic E-state index is 12.4. The Kier molecular flexibility index (Phi) is 6.37. The van der Waals surface area contributed by atoms with Crippen LogP contribution in [0.15, 0.2) is 28.6 Å². The number of hydrogen-bond acceptors (Lipinski definition) is 7. The molecule has 3 rings (SSSR count). The van der Waals surface area contributed by atoms with Crippen molar-refractivity contribution >= 4 is 39.8 Å². The first-order chi connectivity index (χ1) is 12.5. The molecular formula is C18H25N5OS2. The highest BCUT2D eigenvalue weighted by molar-refractivity contribution is 8.01. The van der Waals surface area contributed by atoms with Gasteiger partial charge in [-0.15, -0.1) is 10.2 Å². The van der Waals surface area contributed by atoms with Crippen LogP contribution in [0.3, 0.4) is 0 Å². The maximum Gasteiger partial charge on any atom is 0.233 e. The van der Waals surface area contributed by atoms with Gasteiger partial charge >= 0.3 is 0 Å². The minimum Gasteiger partial charge on any atom is -0.378 e. The molecule has 0 N–H and O–H groups in total. The van der Waals surface area contributed by atoms with Gasteiger partial charge in [0, 0.05) is 46.5 Å². The van der Waals surface area contributed by atoms with E-state index < -0.39 is 0 Å². The molecule has 1 aromatic carbocycles. The summed E-state index contributed by atoms with van der Waals surface area (Å²) in [5, 5.41) is 9.45. The van der Waals surface area contributed by atoms with Gasteiger partial charge in [-0.05, 0) is 30.5 Å². The van der Waals surface area contributed by atoms with Crippen molar-refractivity contribution in [1.29, 1.82) is 0 Å². The molecule has 0 atom stereocenters. The molecule has 6 nitrogen and oxygen atoms in total. The molecule has 0 radical (unpaired) electrons. The van der Waals surface area contributed by atoms with Crippen LogP contribution in [0.25, 0.3) is 0 Å². The summed E-state index contributed by atoms with van der Waals surface area (Å²) in [6.45, 7) is 2.74. The summed E-state index contributed by atoms with van der Waals surface area (Å²) in [4.78, 5) is 18.5. The molecule has 0 aliphatic carbocycles. The van der Waals surface area contributed by atoms with Crippen LogP contribution in [-0.2, 0) is 11.3 Å². The fraction of sp³-hybridized carbons (Fsp3) is 0.500. The lowest BCUT2D eigenvalue weighted by Gasteiger charge is -2.18. The van der Waals surface area contributed by atoms with E-state index in [0.717, 1.165) is 33.8 Å². The Hall–Kier alpha value is -1.80. The number of thioether (sulfide) groups is 1. The third-order valence-electron chi connectivity index (χ3n) is 4.39. The van der Waals surface area contributed by atoms with Crippen LogP contribution < -0.4 is 9.80 Å². The van der Waals surface area contributed by atoms with Crippen molar-refractivity contribution in [3.63, 3.8) is 0 Å². The molecule has 26 heavy (non-hydrogen) atoms. The highest BCUT2D eigenvalue weighted by Gasteiger charge is 2.18. The normalized spacial score (nSPS) is 13.9. The molecule has 1 saturated heterocycles. The van der Waals surface area contributed by atoms with Crippen LogP contribution in [0, 0.1) is 0 Å². The Labute approximate surface area is 163 Å². The van der Waals surface area contributed by atoms with Crippen LogP contribution in [-0.4, -0.2) is 61.0 Å². The molecule has 140 valence electrons. The van der Waals surface area contributed by atoms with Gasteiger partial charge in [0.25, 0.3) is 0 Å². The number of hydrogen-bond donors (Lipinski definition) is 0. The smallest absolute Gasteiger partial charge is 0.233 e. The molecule has 8 heteroatoms. The Morgan fingerprint density at radius 1 is 1.15 bits per heavy atom. The Bertz CT molecular complexity index is 725. The Morgan fingerprint density at radius 2 is 1.85 bits per heavy atom. The van der Waals surface area contributed by atoms with E-state index in [1.807, 2.05) is 21.1 Å². The standard InChI is InChI=1S/C18H25N5OS2/c1-21(2)15-8-6-14(7-9-15)12-22(3)16(24)13-25-18-20-19-17(26-18)23-10-4-5-11-23/h6-9H,4-5,10-13H2,1-3H3. The topological polar surface area (TPSA) is 52.6 Å². The molecule has 1 aliphatic rings. The van der Waals surface area contributed by atoms with Crippen molar-refractivity contribution in [3.05, 3.63) is 29.8 Å².